The van der Waals surface area contributed by atoms with E-state index >= 15 is 0 Å². The Hall–Kier alpha value is -2.13. The van der Waals surface area contributed by atoms with E-state index in [1.54, 1.807) is 0 Å². The van der Waals surface area contributed by atoms with Crippen LogP contribution in [-0.4, -0.2) is 29.3 Å². The van der Waals surface area contributed by atoms with Gasteiger partial charge >= 0.3 is 0 Å². The number of benzene rings is 2. The Kier molecular flexibility index (Phi) is 3.88. The lowest BCUT2D eigenvalue weighted by Gasteiger charge is -2.21. The summed E-state index contributed by atoms with van der Waals surface area (Å²) < 4.78 is 0. The highest BCUT2D eigenvalue weighted by Crippen LogP contribution is 2.35. The summed E-state index contributed by atoms with van der Waals surface area (Å²) in [6, 6.07) is 21.2. The van der Waals surface area contributed by atoms with E-state index in [9.17, 15) is 0 Å². The van der Waals surface area contributed by atoms with Crippen molar-refractivity contribution in [2.75, 3.05) is 13.1 Å². The van der Waals surface area contributed by atoms with E-state index < -0.39 is 0 Å². The van der Waals surface area contributed by atoms with Crippen LogP contribution in [0.15, 0.2) is 65.8 Å². The van der Waals surface area contributed by atoms with Crippen molar-refractivity contribution in [3.63, 3.8) is 0 Å². The fraction of sp³-hybridized carbons (Fsp3) is 0.350. The molecule has 3 heteroatoms. The van der Waals surface area contributed by atoms with Crippen molar-refractivity contribution in [3.05, 3.63) is 71.8 Å². The molecule has 2 aliphatic rings. The van der Waals surface area contributed by atoms with Gasteiger partial charge in [0.25, 0.3) is 0 Å². The third-order valence-corrected chi connectivity index (χ3v) is 4.79. The Morgan fingerprint density at radius 3 is 2.39 bits per heavy atom. The maximum atomic E-state index is 5.90. The average Bonchev–Trinajstić information content (AvgIpc) is 3.16. The molecule has 2 aromatic rings. The molecule has 0 amide bonds. The molecule has 4 rings (SSSR count). The molecule has 2 aliphatic heterocycles. The molecule has 0 aliphatic carbocycles. The molecule has 23 heavy (non-hydrogen) atoms. The first-order valence-electron chi connectivity index (χ1n) is 8.36. The highest BCUT2D eigenvalue weighted by atomic mass is 16.7. The summed E-state index contributed by atoms with van der Waals surface area (Å²) in [6.07, 6.45) is 2.94. The van der Waals surface area contributed by atoms with Gasteiger partial charge in [-0.1, -0.05) is 65.8 Å². The molecule has 0 aromatic heterocycles. The largest absolute Gasteiger partial charge is 0.387 e. The molecule has 2 aromatic carbocycles. The molecular formula is C20H22N2O. The van der Waals surface area contributed by atoms with Crippen LogP contribution in [0.2, 0.25) is 0 Å². The van der Waals surface area contributed by atoms with Crippen molar-refractivity contribution in [3.8, 4) is 0 Å². The molecule has 1 atom stereocenters. The first-order valence-corrected chi connectivity index (χ1v) is 8.36. The third kappa shape index (κ3) is 3.30. The van der Waals surface area contributed by atoms with Crippen LogP contribution in [-0.2, 0) is 17.8 Å². The van der Waals surface area contributed by atoms with Crippen LogP contribution in [0.1, 0.15) is 24.0 Å². The van der Waals surface area contributed by atoms with E-state index in [2.05, 4.69) is 70.7 Å². The van der Waals surface area contributed by atoms with Gasteiger partial charge in [-0.15, -0.1) is 0 Å². The number of nitrogens with zero attached hydrogens (tertiary/aromatic N) is 2. The maximum absolute atomic E-state index is 5.90. The minimum Gasteiger partial charge on any atom is -0.387 e. The zero-order chi connectivity index (χ0) is 15.5. The van der Waals surface area contributed by atoms with Gasteiger partial charge in [0, 0.05) is 38.9 Å². The summed E-state index contributed by atoms with van der Waals surface area (Å²) in [5, 5.41) is 4.40. The molecule has 0 radical (unpaired) electrons. The molecule has 1 unspecified atom stereocenters. The van der Waals surface area contributed by atoms with E-state index in [1.165, 1.54) is 16.8 Å². The molecule has 0 bridgehead atoms. The molecule has 0 N–H and O–H groups in total. The summed E-state index contributed by atoms with van der Waals surface area (Å²) >= 11 is 0. The lowest BCUT2D eigenvalue weighted by molar-refractivity contribution is -0.0104. The van der Waals surface area contributed by atoms with Crippen molar-refractivity contribution < 1.29 is 4.84 Å². The van der Waals surface area contributed by atoms with Gasteiger partial charge in [0.05, 0.1) is 5.71 Å². The fourth-order valence-electron chi connectivity index (χ4n) is 3.65. The predicted molar refractivity (Wildman–Crippen MR) is 92.4 cm³/mol. The number of likely N-dealkylation sites (tertiary alicyclic amines) is 1. The van der Waals surface area contributed by atoms with Crippen LogP contribution < -0.4 is 0 Å². The van der Waals surface area contributed by atoms with Crippen LogP contribution in [0.3, 0.4) is 0 Å². The van der Waals surface area contributed by atoms with E-state index in [-0.39, 0.29) is 5.60 Å². The summed E-state index contributed by atoms with van der Waals surface area (Å²) in [5.74, 6) is 0. The third-order valence-electron chi connectivity index (χ3n) is 4.79. The van der Waals surface area contributed by atoms with Gasteiger partial charge in [0.2, 0.25) is 0 Å². The van der Waals surface area contributed by atoms with Gasteiger partial charge in [-0.25, -0.2) is 0 Å². The topological polar surface area (TPSA) is 24.8 Å². The van der Waals surface area contributed by atoms with Crippen molar-refractivity contribution in [1.29, 1.82) is 0 Å². The zero-order valence-electron chi connectivity index (χ0n) is 13.3. The van der Waals surface area contributed by atoms with E-state index in [0.717, 1.165) is 38.9 Å². The molecular weight excluding hydrogens is 284 g/mol. The smallest absolute Gasteiger partial charge is 0.156 e. The van der Waals surface area contributed by atoms with E-state index in [0.29, 0.717) is 0 Å². The van der Waals surface area contributed by atoms with Crippen molar-refractivity contribution in [2.45, 2.75) is 31.4 Å². The molecule has 2 heterocycles. The standard InChI is InChI=1S/C20H22N2O/c1-3-7-17(8-4-1)13-19-14-20(23-21-19)11-12-22(16-20)15-18-9-5-2-6-10-18/h1-10H,11-16H2. The Labute approximate surface area is 137 Å². The number of hydrogen-bond donors (Lipinski definition) is 0. The second-order valence-corrected chi connectivity index (χ2v) is 6.72. The summed E-state index contributed by atoms with van der Waals surface area (Å²) in [5.41, 5.74) is 3.77. The minimum absolute atomic E-state index is 0.0844. The van der Waals surface area contributed by atoms with E-state index in [1.807, 2.05) is 0 Å². The lowest BCUT2D eigenvalue weighted by Crippen LogP contribution is -2.33. The van der Waals surface area contributed by atoms with Crippen molar-refractivity contribution >= 4 is 5.71 Å². The zero-order valence-corrected chi connectivity index (χ0v) is 13.3. The monoisotopic (exact) mass is 306 g/mol. The number of hydrogen-bond acceptors (Lipinski definition) is 3. The van der Waals surface area contributed by atoms with Gasteiger partial charge in [0.1, 0.15) is 0 Å². The maximum Gasteiger partial charge on any atom is 0.156 e. The molecule has 1 spiro atoms. The summed E-state index contributed by atoms with van der Waals surface area (Å²) in [7, 11) is 0. The van der Waals surface area contributed by atoms with Gasteiger partial charge in [-0.05, 0) is 11.1 Å². The molecule has 1 saturated heterocycles. The normalized spacial score (nSPS) is 23.9. The second-order valence-electron chi connectivity index (χ2n) is 6.72. The first kappa shape index (κ1) is 14.5. The average molecular weight is 306 g/mol. The minimum atomic E-state index is -0.0844. The van der Waals surface area contributed by atoms with Crippen LogP contribution in [0.25, 0.3) is 0 Å². The quantitative estimate of drug-likeness (QED) is 0.861. The first-order chi connectivity index (χ1) is 11.3. The highest BCUT2D eigenvalue weighted by Gasteiger charge is 2.44. The molecule has 1 fully saturated rings. The SMILES string of the molecule is c1ccc(CC2=NOC3(CCN(Cc4ccccc4)C3)C2)cc1. The summed E-state index contributed by atoms with van der Waals surface area (Å²) in [4.78, 5) is 8.38. The fourth-order valence-corrected chi connectivity index (χ4v) is 3.65. The van der Waals surface area contributed by atoms with Crippen molar-refractivity contribution in [1.82, 2.24) is 4.90 Å². The van der Waals surface area contributed by atoms with Crippen molar-refractivity contribution in [2.24, 2.45) is 5.16 Å². The molecule has 118 valence electrons. The highest BCUT2D eigenvalue weighted by molar-refractivity contribution is 5.88. The second kappa shape index (κ2) is 6.17. The Morgan fingerprint density at radius 2 is 1.65 bits per heavy atom. The molecule has 0 saturated carbocycles. The lowest BCUT2D eigenvalue weighted by atomic mass is 9.94. The summed E-state index contributed by atoms with van der Waals surface area (Å²) in [6.45, 7) is 3.06. The number of oxime groups is 1. The van der Waals surface area contributed by atoms with Gasteiger partial charge in [-0.2, -0.15) is 0 Å². The van der Waals surface area contributed by atoms with Crippen LogP contribution in [0, 0.1) is 0 Å². The van der Waals surface area contributed by atoms with E-state index in [4.69, 9.17) is 4.84 Å². The molecule has 3 nitrogen and oxygen atoms in total. The van der Waals surface area contributed by atoms with Gasteiger partial charge in [0.15, 0.2) is 5.60 Å². The Balaban J connectivity index is 1.35. The van der Waals surface area contributed by atoms with Gasteiger partial charge in [-0.3, -0.25) is 4.90 Å². The van der Waals surface area contributed by atoms with Crippen LogP contribution >= 0.6 is 0 Å². The Morgan fingerprint density at radius 1 is 0.957 bits per heavy atom. The van der Waals surface area contributed by atoms with Gasteiger partial charge < -0.3 is 4.84 Å². The predicted octanol–water partition coefficient (Wildman–Crippen LogP) is 3.65. The Bertz CT molecular complexity index is 683. The van der Waals surface area contributed by atoms with Crippen LogP contribution in [0.5, 0.6) is 0 Å². The number of rotatable bonds is 4. The van der Waals surface area contributed by atoms with Crippen LogP contribution in [0.4, 0.5) is 0 Å².